The molecule has 1 aromatic carbocycles. The van der Waals surface area contributed by atoms with Crippen molar-refractivity contribution >= 4 is 23.3 Å². The molecule has 0 aliphatic heterocycles. The van der Waals surface area contributed by atoms with Crippen molar-refractivity contribution < 1.29 is 19.1 Å². The average molecular weight is 319 g/mol. The summed E-state index contributed by atoms with van der Waals surface area (Å²) in [5.74, 6) is -0.627. The molecule has 1 aromatic heterocycles. The van der Waals surface area contributed by atoms with Crippen LogP contribution in [0.2, 0.25) is 0 Å². The van der Waals surface area contributed by atoms with Crippen LogP contribution in [0.4, 0.5) is 0 Å². The summed E-state index contributed by atoms with van der Waals surface area (Å²) in [6.45, 7) is 1.73. The molecule has 2 rings (SSSR count). The predicted octanol–water partition coefficient (Wildman–Crippen LogP) is 2.63. The zero-order valence-corrected chi connectivity index (χ0v) is 13.3. The van der Waals surface area contributed by atoms with Gasteiger partial charge >= 0.3 is 11.9 Å². The highest BCUT2D eigenvalue weighted by atomic mass is 32.1. The number of methoxy groups -OCH3 is 1. The Labute approximate surface area is 132 Å². The van der Waals surface area contributed by atoms with Crippen molar-refractivity contribution in [3.63, 3.8) is 0 Å². The van der Waals surface area contributed by atoms with E-state index in [1.807, 2.05) is 23.6 Å². The second-order valence-corrected chi connectivity index (χ2v) is 5.63. The molecule has 116 valence electrons. The summed E-state index contributed by atoms with van der Waals surface area (Å²) >= 11 is 1.56. The predicted molar refractivity (Wildman–Crippen MR) is 83.0 cm³/mol. The summed E-state index contributed by atoms with van der Waals surface area (Å²) in [6.07, 6.45) is 1.27. The normalized spacial score (nSPS) is 10.3. The van der Waals surface area contributed by atoms with Gasteiger partial charge in [-0.3, -0.25) is 4.79 Å². The first-order valence-electron chi connectivity index (χ1n) is 6.82. The van der Waals surface area contributed by atoms with Crippen LogP contribution in [0, 0.1) is 0 Å². The van der Waals surface area contributed by atoms with Crippen LogP contribution in [-0.4, -0.2) is 30.6 Å². The lowest BCUT2D eigenvalue weighted by Gasteiger charge is -2.02. The van der Waals surface area contributed by atoms with Gasteiger partial charge in [-0.2, -0.15) is 0 Å². The Morgan fingerprint density at radius 1 is 1.32 bits per heavy atom. The zero-order chi connectivity index (χ0) is 15.9. The van der Waals surface area contributed by atoms with Crippen LogP contribution in [-0.2, 0) is 27.1 Å². The first kappa shape index (κ1) is 16.2. The van der Waals surface area contributed by atoms with E-state index in [-0.39, 0.29) is 11.9 Å². The molecule has 0 bridgehead atoms. The number of hydrogen-bond acceptors (Lipinski definition) is 6. The van der Waals surface area contributed by atoms with Crippen molar-refractivity contribution in [3.8, 4) is 0 Å². The first-order valence-corrected chi connectivity index (χ1v) is 7.70. The van der Waals surface area contributed by atoms with Crippen LogP contribution in [0.15, 0.2) is 29.6 Å². The van der Waals surface area contributed by atoms with Gasteiger partial charge in [-0.15, -0.1) is 11.3 Å². The fourth-order valence-electron chi connectivity index (χ4n) is 1.94. The number of carbonyl (C=O) groups is 2. The van der Waals surface area contributed by atoms with E-state index in [1.54, 1.807) is 17.4 Å². The fourth-order valence-corrected chi connectivity index (χ4v) is 2.81. The van der Waals surface area contributed by atoms with Gasteiger partial charge in [0.1, 0.15) is 0 Å². The molecule has 0 unspecified atom stereocenters. The minimum Gasteiger partial charge on any atom is -0.465 e. The van der Waals surface area contributed by atoms with E-state index in [4.69, 9.17) is 9.47 Å². The lowest BCUT2D eigenvalue weighted by Crippen LogP contribution is -2.03. The molecule has 0 aliphatic rings. The molecule has 0 aliphatic carbocycles. The van der Waals surface area contributed by atoms with Gasteiger partial charge in [-0.1, -0.05) is 12.1 Å². The van der Waals surface area contributed by atoms with E-state index in [1.165, 1.54) is 14.0 Å². The number of aromatic nitrogens is 1. The number of rotatable bonds is 6. The molecular formula is C16H17NO4S. The molecule has 0 spiro atoms. The topological polar surface area (TPSA) is 65.5 Å². The Morgan fingerprint density at radius 3 is 2.86 bits per heavy atom. The summed E-state index contributed by atoms with van der Waals surface area (Å²) in [5.41, 5.74) is 2.45. The molecule has 5 nitrogen and oxygen atoms in total. The highest BCUT2D eigenvalue weighted by Crippen LogP contribution is 2.16. The number of thiazole rings is 1. The van der Waals surface area contributed by atoms with Crippen molar-refractivity contribution in [2.75, 3.05) is 13.7 Å². The second-order valence-electron chi connectivity index (χ2n) is 4.69. The molecule has 0 radical (unpaired) electrons. The average Bonchev–Trinajstić information content (AvgIpc) is 2.93. The lowest BCUT2D eigenvalue weighted by molar-refractivity contribution is -0.140. The molecule has 0 amide bonds. The van der Waals surface area contributed by atoms with E-state index in [0.29, 0.717) is 25.0 Å². The summed E-state index contributed by atoms with van der Waals surface area (Å²) < 4.78 is 9.62. The van der Waals surface area contributed by atoms with Gasteiger partial charge < -0.3 is 9.47 Å². The van der Waals surface area contributed by atoms with Gasteiger partial charge in [0.2, 0.25) is 0 Å². The van der Waals surface area contributed by atoms with E-state index in [2.05, 4.69) is 4.98 Å². The molecule has 0 N–H and O–H groups in total. The van der Waals surface area contributed by atoms with Crippen molar-refractivity contribution in [2.45, 2.75) is 19.8 Å². The standard InChI is InChI=1S/C16H17NO4S/c1-11(18)21-7-6-14-10-22-15(17-14)9-12-4-3-5-13(8-12)16(19)20-2/h3-5,8,10H,6-7,9H2,1-2H3. The molecular weight excluding hydrogens is 302 g/mol. The number of nitrogens with zero attached hydrogens (tertiary/aromatic N) is 1. The highest BCUT2D eigenvalue weighted by molar-refractivity contribution is 7.09. The Morgan fingerprint density at radius 2 is 2.14 bits per heavy atom. The van der Waals surface area contributed by atoms with E-state index in [0.717, 1.165) is 16.3 Å². The third-order valence-corrected chi connectivity index (χ3v) is 3.86. The van der Waals surface area contributed by atoms with Crippen LogP contribution in [0.25, 0.3) is 0 Å². The molecule has 22 heavy (non-hydrogen) atoms. The van der Waals surface area contributed by atoms with E-state index >= 15 is 0 Å². The third-order valence-electron chi connectivity index (χ3n) is 2.97. The second kappa shape index (κ2) is 7.70. The third kappa shape index (κ3) is 4.66. The molecule has 0 atom stereocenters. The van der Waals surface area contributed by atoms with Crippen molar-refractivity contribution in [3.05, 3.63) is 51.5 Å². The van der Waals surface area contributed by atoms with Crippen molar-refractivity contribution in [1.29, 1.82) is 0 Å². The summed E-state index contributed by atoms with van der Waals surface area (Å²) in [6, 6.07) is 7.32. The van der Waals surface area contributed by atoms with Gasteiger partial charge in [0.15, 0.2) is 0 Å². The number of ether oxygens (including phenoxy) is 2. The maximum atomic E-state index is 11.5. The Balaban J connectivity index is 1.98. The highest BCUT2D eigenvalue weighted by Gasteiger charge is 2.08. The van der Waals surface area contributed by atoms with Gasteiger partial charge in [0.25, 0.3) is 0 Å². The Bertz CT molecular complexity index is 666. The molecule has 0 saturated carbocycles. The number of benzene rings is 1. The van der Waals surface area contributed by atoms with E-state index in [9.17, 15) is 9.59 Å². The molecule has 6 heteroatoms. The Kier molecular flexibility index (Phi) is 5.66. The number of hydrogen-bond donors (Lipinski definition) is 0. The van der Waals surface area contributed by atoms with Gasteiger partial charge in [0.05, 0.1) is 30.0 Å². The smallest absolute Gasteiger partial charge is 0.337 e. The van der Waals surface area contributed by atoms with Gasteiger partial charge in [-0.25, -0.2) is 9.78 Å². The quantitative estimate of drug-likeness (QED) is 0.766. The molecule has 0 fully saturated rings. The maximum Gasteiger partial charge on any atom is 0.337 e. The molecule has 2 aromatic rings. The molecule has 1 heterocycles. The van der Waals surface area contributed by atoms with Gasteiger partial charge in [0, 0.05) is 25.1 Å². The maximum absolute atomic E-state index is 11.5. The van der Waals surface area contributed by atoms with E-state index < -0.39 is 0 Å². The van der Waals surface area contributed by atoms with Crippen LogP contribution < -0.4 is 0 Å². The Hall–Kier alpha value is -2.21. The van der Waals surface area contributed by atoms with Crippen molar-refractivity contribution in [1.82, 2.24) is 4.98 Å². The largest absolute Gasteiger partial charge is 0.465 e. The van der Waals surface area contributed by atoms with Gasteiger partial charge in [-0.05, 0) is 17.7 Å². The minimum atomic E-state index is -0.344. The van der Waals surface area contributed by atoms with Crippen molar-refractivity contribution in [2.24, 2.45) is 0 Å². The first-order chi connectivity index (χ1) is 10.6. The minimum absolute atomic E-state index is 0.282. The van der Waals surface area contributed by atoms with Crippen LogP contribution >= 0.6 is 11.3 Å². The fraction of sp³-hybridized carbons (Fsp3) is 0.312. The summed E-state index contributed by atoms with van der Waals surface area (Å²) in [5, 5.41) is 2.92. The SMILES string of the molecule is COC(=O)c1cccc(Cc2nc(CCOC(C)=O)cs2)c1. The lowest BCUT2D eigenvalue weighted by atomic mass is 10.1. The van der Waals surface area contributed by atoms with Crippen LogP contribution in [0.1, 0.15) is 33.5 Å². The summed E-state index contributed by atoms with van der Waals surface area (Å²) in [7, 11) is 1.37. The summed E-state index contributed by atoms with van der Waals surface area (Å²) in [4.78, 5) is 26.7. The molecule has 0 saturated heterocycles. The van der Waals surface area contributed by atoms with Crippen LogP contribution in [0.3, 0.4) is 0 Å². The van der Waals surface area contributed by atoms with Crippen LogP contribution in [0.5, 0.6) is 0 Å². The number of carbonyl (C=O) groups excluding carboxylic acids is 2. The zero-order valence-electron chi connectivity index (χ0n) is 12.5. The number of esters is 2. The monoisotopic (exact) mass is 319 g/mol.